The fourth-order valence-corrected chi connectivity index (χ4v) is 4.25. The topological polar surface area (TPSA) is 62.5 Å². The highest BCUT2D eigenvalue weighted by Gasteiger charge is 2.40. The number of aryl methyl sites for hydroxylation is 1. The van der Waals surface area contributed by atoms with Crippen LogP contribution in [0.2, 0.25) is 0 Å². The summed E-state index contributed by atoms with van der Waals surface area (Å²) in [5.74, 6) is 1.65. The first-order valence-corrected chi connectivity index (χ1v) is 9.08. The molecular formula is C17H26N4O2. The van der Waals surface area contributed by atoms with E-state index in [2.05, 4.69) is 19.9 Å². The molecule has 0 radical (unpaired) electrons. The van der Waals surface area contributed by atoms with Gasteiger partial charge in [-0.3, -0.25) is 9.69 Å². The van der Waals surface area contributed by atoms with E-state index in [4.69, 9.17) is 4.52 Å². The minimum absolute atomic E-state index is 0.140. The summed E-state index contributed by atoms with van der Waals surface area (Å²) in [4.78, 5) is 21.8. The van der Waals surface area contributed by atoms with Crippen molar-refractivity contribution in [3.8, 4) is 0 Å². The Morgan fingerprint density at radius 1 is 1.17 bits per heavy atom. The number of carbonyl (C=O) groups excluding carboxylic acids is 1. The average molecular weight is 318 g/mol. The van der Waals surface area contributed by atoms with E-state index in [0.29, 0.717) is 30.4 Å². The number of hydrogen-bond acceptors (Lipinski definition) is 5. The van der Waals surface area contributed by atoms with Crippen molar-refractivity contribution < 1.29 is 9.32 Å². The van der Waals surface area contributed by atoms with Crippen molar-refractivity contribution in [1.29, 1.82) is 0 Å². The van der Waals surface area contributed by atoms with E-state index >= 15 is 0 Å². The number of nitrogens with zero attached hydrogens (tertiary/aromatic N) is 4. The lowest BCUT2D eigenvalue weighted by atomic mass is 10.2. The van der Waals surface area contributed by atoms with Gasteiger partial charge in [-0.05, 0) is 45.1 Å². The second-order valence-electron chi connectivity index (χ2n) is 7.27. The molecule has 1 aromatic rings. The Hall–Kier alpha value is -1.43. The first-order chi connectivity index (χ1) is 11.2. The Morgan fingerprint density at radius 3 is 2.57 bits per heavy atom. The lowest BCUT2D eigenvalue weighted by Crippen LogP contribution is -2.46. The molecule has 2 saturated carbocycles. The van der Waals surface area contributed by atoms with Gasteiger partial charge in [0.15, 0.2) is 5.82 Å². The Balaban J connectivity index is 1.44. The molecule has 1 unspecified atom stereocenters. The molecule has 2 aliphatic carbocycles. The lowest BCUT2D eigenvalue weighted by molar-refractivity contribution is -0.135. The summed E-state index contributed by atoms with van der Waals surface area (Å²) in [6.45, 7) is 3.27. The summed E-state index contributed by atoms with van der Waals surface area (Å²) in [5, 5.41) is 4.07. The summed E-state index contributed by atoms with van der Waals surface area (Å²) in [6.07, 6.45) is 9.42. The third kappa shape index (κ3) is 3.13. The van der Waals surface area contributed by atoms with E-state index in [9.17, 15) is 4.79 Å². The van der Waals surface area contributed by atoms with Crippen LogP contribution >= 0.6 is 0 Å². The summed E-state index contributed by atoms with van der Waals surface area (Å²) in [5.41, 5.74) is 0. The molecule has 2 heterocycles. The van der Waals surface area contributed by atoms with Gasteiger partial charge in [0.05, 0.1) is 12.6 Å². The number of rotatable bonds is 5. The fourth-order valence-electron chi connectivity index (χ4n) is 4.25. The predicted octanol–water partition coefficient (Wildman–Crippen LogP) is 2.45. The van der Waals surface area contributed by atoms with Gasteiger partial charge in [0.2, 0.25) is 11.8 Å². The average Bonchev–Trinajstić information content (AvgIpc) is 2.95. The van der Waals surface area contributed by atoms with Gasteiger partial charge in [-0.1, -0.05) is 18.0 Å². The molecule has 1 aliphatic heterocycles. The van der Waals surface area contributed by atoms with Crippen LogP contribution in [0.4, 0.5) is 0 Å². The minimum Gasteiger partial charge on any atom is -0.340 e. The van der Waals surface area contributed by atoms with E-state index in [1.54, 1.807) is 0 Å². The van der Waals surface area contributed by atoms with E-state index in [0.717, 1.165) is 25.2 Å². The molecule has 1 aromatic heterocycles. The first kappa shape index (κ1) is 15.1. The molecule has 1 atom stereocenters. The van der Waals surface area contributed by atoms with Crippen molar-refractivity contribution >= 4 is 5.91 Å². The Kier molecular flexibility index (Phi) is 4.09. The van der Waals surface area contributed by atoms with E-state index in [-0.39, 0.29) is 6.04 Å². The van der Waals surface area contributed by atoms with Gasteiger partial charge in [-0.15, -0.1) is 0 Å². The van der Waals surface area contributed by atoms with Crippen LogP contribution < -0.4 is 0 Å². The SMILES string of the molecule is Cc1nc(C2CCCN2CC(=O)N(C2CCCC2)C2CC2)no1. The van der Waals surface area contributed by atoms with Gasteiger partial charge < -0.3 is 9.42 Å². The third-order valence-electron chi connectivity index (χ3n) is 5.49. The standard InChI is InChI=1S/C17H26N4O2/c1-12-18-17(19-23-12)15-7-4-10-20(15)11-16(22)21(14-8-9-14)13-5-2-3-6-13/h13-15H,2-11H2,1H3. The minimum atomic E-state index is 0.140. The van der Waals surface area contributed by atoms with Crippen LogP contribution in [0.15, 0.2) is 4.52 Å². The highest BCUT2D eigenvalue weighted by atomic mass is 16.5. The molecule has 4 rings (SSSR count). The normalized spacial score (nSPS) is 26.0. The summed E-state index contributed by atoms with van der Waals surface area (Å²) < 4.78 is 5.12. The van der Waals surface area contributed by atoms with Crippen LogP contribution in [-0.4, -0.2) is 51.0 Å². The smallest absolute Gasteiger partial charge is 0.237 e. The summed E-state index contributed by atoms with van der Waals surface area (Å²) in [6, 6.07) is 1.14. The van der Waals surface area contributed by atoms with Gasteiger partial charge in [0.25, 0.3) is 0 Å². The zero-order chi connectivity index (χ0) is 15.8. The van der Waals surface area contributed by atoms with Crippen LogP contribution in [0.1, 0.15) is 69.1 Å². The fraction of sp³-hybridized carbons (Fsp3) is 0.824. The second kappa shape index (κ2) is 6.23. The Labute approximate surface area is 137 Å². The highest BCUT2D eigenvalue weighted by Crippen LogP contribution is 2.36. The van der Waals surface area contributed by atoms with Crippen LogP contribution in [0.25, 0.3) is 0 Å². The molecule has 6 heteroatoms. The Morgan fingerprint density at radius 2 is 1.91 bits per heavy atom. The maximum Gasteiger partial charge on any atom is 0.237 e. The summed E-state index contributed by atoms with van der Waals surface area (Å²) >= 11 is 0. The highest BCUT2D eigenvalue weighted by molar-refractivity contribution is 5.79. The molecule has 126 valence electrons. The quantitative estimate of drug-likeness (QED) is 0.834. The molecule has 3 aliphatic rings. The number of aromatic nitrogens is 2. The van der Waals surface area contributed by atoms with E-state index in [1.165, 1.54) is 38.5 Å². The molecule has 0 bridgehead atoms. The third-order valence-corrected chi connectivity index (χ3v) is 5.49. The summed E-state index contributed by atoms with van der Waals surface area (Å²) in [7, 11) is 0. The van der Waals surface area contributed by atoms with Gasteiger partial charge in [0, 0.05) is 19.0 Å². The zero-order valence-electron chi connectivity index (χ0n) is 13.9. The van der Waals surface area contributed by atoms with E-state index in [1.807, 2.05) is 6.92 Å². The maximum atomic E-state index is 13.0. The molecule has 0 aromatic carbocycles. The number of carbonyl (C=O) groups is 1. The van der Waals surface area contributed by atoms with Crippen molar-refractivity contribution in [1.82, 2.24) is 19.9 Å². The molecular weight excluding hydrogens is 292 g/mol. The largest absolute Gasteiger partial charge is 0.340 e. The number of likely N-dealkylation sites (tertiary alicyclic amines) is 1. The van der Waals surface area contributed by atoms with Gasteiger partial charge in [-0.2, -0.15) is 4.98 Å². The Bertz CT molecular complexity index is 563. The van der Waals surface area contributed by atoms with E-state index < -0.39 is 0 Å². The number of amides is 1. The maximum absolute atomic E-state index is 13.0. The van der Waals surface area contributed by atoms with Crippen molar-refractivity contribution in [2.24, 2.45) is 0 Å². The van der Waals surface area contributed by atoms with Gasteiger partial charge >= 0.3 is 0 Å². The monoisotopic (exact) mass is 318 g/mol. The molecule has 3 fully saturated rings. The molecule has 0 N–H and O–H groups in total. The van der Waals surface area contributed by atoms with Crippen molar-refractivity contribution in [3.63, 3.8) is 0 Å². The molecule has 0 spiro atoms. The van der Waals surface area contributed by atoms with Crippen LogP contribution in [0.3, 0.4) is 0 Å². The number of hydrogen-bond donors (Lipinski definition) is 0. The zero-order valence-corrected chi connectivity index (χ0v) is 13.9. The second-order valence-corrected chi connectivity index (χ2v) is 7.27. The van der Waals surface area contributed by atoms with Gasteiger partial charge in [-0.25, -0.2) is 0 Å². The molecule has 1 saturated heterocycles. The van der Waals surface area contributed by atoms with Crippen LogP contribution in [0.5, 0.6) is 0 Å². The molecule has 23 heavy (non-hydrogen) atoms. The predicted molar refractivity (Wildman–Crippen MR) is 84.7 cm³/mol. The van der Waals surface area contributed by atoms with Crippen LogP contribution in [0, 0.1) is 6.92 Å². The molecule has 1 amide bonds. The first-order valence-electron chi connectivity index (χ1n) is 9.08. The van der Waals surface area contributed by atoms with Crippen molar-refractivity contribution in [2.45, 2.75) is 76.4 Å². The van der Waals surface area contributed by atoms with Crippen LogP contribution in [-0.2, 0) is 4.79 Å². The lowest BCUT2D eigenvalue weighted by Gasteiger charge is -2.32. The molecule has 6 nitrogen and oxygen atoms in total. The van der Waals surface area contributed by atoms with Crippen molar-refractivity contribution in [3.05, 3.63) is 11.7 Å². The van der Waals surface area contributed by atoms with Crippen molar-refractivity contribution in [2.75, 3.05) is 13.1 Å². The van der Waals surface area contributed by atoms with Gasteiger partial charge in [0.1, 0.15) is 0 Å².